The smallest absolute Gasteiger partial charge is 0.164 e. The zero-order chi connectivity index (χ0) is 40.1. The second-order valence-corrected chi connectivity index (χ2v) is 14.1. The summed E-state index contributed by atoms with van der Waals surface area (Å²) in [6.45, 7) is 0. The van der Waals surface area contributed by atoms with Crippen molar-refractivity contribution in [3.63, 3.8) is 0 Å². The molecule has 8 nitrogen and oxygen atoms in total. The number of hydrogen-bond donors (Lipinski definition) is 0. The third-order valence-electron chi connectivity index (χ3n) is 10.0. The largest absolute Gasteiger partial charge is 0.255 e. The van der Waals surface area contributed by atoms with E-state index in [2.05, 4.69) is 53.5 Å². The molecule has 0 fully saturated rings. The van der Waals surface area contributed by atoms with Gasteiger partial charge in [-0.3, -0.25) is 4.98 Å². The molecule has 0 atom stereocenters. The molecule has 5 aromatic carbocycles. The van der Waals surface area contributed by atoms with E-state index in [1.165, 1.54) is 0 Å². The van der Waals surface area contributed by atoms with Crippen molar-refractivity contribution >= 4 is 0 Å². The van der Waals surface area contributed by atoms with E-state index in [-0.39, 0.29) is 0 Å². The Hall–Kier alpha value is -8.36. The first-order valence-corrected chi connectivity index (χ1v) is 19.6. The van der Waals surface area contributed by atoms with Crippen molar-refractivity contribution in [2.24, 2.45) is 0 Å². The Bertz CT molecular complexity index is 2940. The average molecular weight is 771 g/mol. The van der Waals surface area contributed by atoms with Gasteiger partial charge < -0.3 is 0 Å². The van der Waals surface area contributed by atoms with E-state index in [0.717, 1.165) is 56.0 Å². The molecule has 0 aliphatic heterocycles. The standard InChI is InChI=1S/C52H34N8/c1-5-16-36(17-6-1)45-34-48(57-49(56-45)37-18-7-2-8-19-37)44-26-15-25-43(54-44)47-33-41(32-46(55-47)42-24-13-14-31-53-42)35-27-29-40(30-28-35)52-59-50(38-20-9-3-10-21-38)58-51(60-52)39-22-11-4-12-23-39/h1-34H. The number of hydrogen-bond acceptors (Lipinski definition) is 8. The topological polar surface area (TPSA) is 103 Å². The summed E-state index contributed by atoms with van der Waals surface area (Å²) in [5.74, 6) is 2.46. The number of rotatable bonds is 9. The summed E-state index contributed by atoms with van der Waals surface area (Å²) in [4.78, 5) is 39.7. The third-order valence-corrected chi connectivity index (χ3v) is 10.0. The fraction of sp³-hybridized carbons (Fsp3) is 0. The summed E-state index contributed by atoms with van der Waals surface area (Å²) in [5.41, 5.74) is 11.7. The molecular weight excluding hydrogens is 737 g/mol. The fourth-order valence-electron chi connectivity index (χ4n) is 6.99. The normalized spacial score (nSPS) is 11.0. The second kappa shape index (κ2) is 16.2. The monoisotopic (exact) mass is 770 g/mol. The van der Waals surface area contributed by atoms with Crippen LogP contribution in [0.25, 0.3) is 102 Å². The summed E-state index contributed by atoms with van der Waals surface area (Å²) in [6, 6.07) is 66.4. The Morgan fingerprint density at radius 3 is 1.10 bits per heavy atom. The summed E-state index contributed by atoms with van der Waals surface area (Å²) < 4.78 is 0. The van der Waals surface area contributed by atoms with Gasteiger partial charge in [0, 0.05) is 34.0 Å². The predicted molar refractivity (Wildman–Crippen MR) is 238 cm³/mol. The second-order valence-electron chi connectivity index (χ2n) is 14.1. The number of nitrogens with zero attached hydrogens (tertiary/aromatic N) is 8. The van der Waals surface area contributed by atoms with Crippen LogP contribution in [0.3, 0.4) is 0 Å². The zero-order valence-corrected chi connectivity index (χ0v) is 32.2. The lowest BCUT2D eigenvalue weighted by molar-refractivity contribution is 1.07. The van der Waals surface area contributed by atoms with Gasteiger partial charge in [0.15, 0.2) is 23.3 Å². The van der Waals surface area contributed by atoms with Crippen LogP contribution in [0.4, 0.5) is 0 Å². The van der Waals surface area contributed by atoms with Crippen LogP contribution in [0, 0.1) is 0 Å². The highest BCUT2D eigenvalue weighted by atomic mass is 15.0. The van der Waals surface area contributed by atoms with Crippen LogP contribution >= 0.6 is 0 Å². The van der Waals surface area contributed by atoms with Gasteiger partial charge in [-0.1, -0.05) is 158 Å². The molecule has 0 bridgehead atoms. The van der Waals surface area contributed by atoms with Crippen LogP contribution < -0.4 is 0 Å². The van der Waals surface area contributed by atoms with Crippen LogP contribution in [0.1, 0.15) is 0 Å². The van der Waals surface area contributed by atoms with E-state index in [9.17, 15) is 0 Å². The van der Waals surface area contributed by atoms with Crippen molar-refractivity contribution in [2.75, 3.05) is 0 Å². The van der Waals surface area contributed by atoms with Crippen molar-refractivity contribution in [3.8, 4) is 102 Å². The Balaban J connectivity index is 1.05. The Morgan fingerprint density at radius 2 is 0.583 bits per heavy atom. The van der Waals surface area contributed by atoms with Crippen molar-refractivity contribution in [3.05, 3.63) is 206 Å². The molecule has 8 heteroatoms. The fourth-order valence-corrected chi connectivity index (χ4v) is 6.99. The van der Waals surface area contributed by atoms with E-state index < -0.39 is 0 Å². The molecule has 0 spiro atoms. The maximum Gasteiger partial charge on any atom is 0.164 e. The molecule has 60 heavy (non-hydrogen) atoms. The summed E-state index contributed by atoms with van der Waals surface area (Å²) in [7, 11) is 0. The number of benzene rings is 5. The van der Waals surface area contributed by atoms with E-state index in [0.29, 0.717) is 46.1 Å². The van der Waals surface area contributed by atoms with Crippen LogP contribution in [-0.4, -0.2) is 39.9 Å². The van der Waals surface area contributed by atoms with Crippen LogP contribution in [0.15, 0.2) is 206 Å². The average Bonchev–Trinajstić information content (AvgIpc) is 3.35. The van der Waals surface area contributed by atoms with Crippen molar-refractivity contribution in [1.29, 1.82) is 0 Å². The predicted octanol–water partition coefficient (Wildman–Crippen LogP) is 11.8. The SMILES string of the molecule is c1ccc(-c2cc(-c3cccc(-c4cc(-c5ccc(-c6nc(-c7ccccc7)nc(-c7ccccc7)n6)cc5)cc(-c5ccccn5)n4)n3)nc(-c3ccccc3)n2)cc1. The molecular formula is C52H34N8. The maximum absolute atomic E-state index is 5.18. The quantitative estimate of drug-likeness (QED) is 0.143. The van der Waals surface area contributed by atoms with E-state index >= 15 is 0 Å². The molecule has 5 aromatic heterocycles. The first kappa shape index (κ1) is 36.0. The number of pyridine rings is 3. The summed E-state index contributed by atoms with van der Waals surface area (Å²) in [6.07, 6.45) is 1.78. The minimum atomic E-state index is 0.593. The lowest BCUT2D eigenvalue weighted by Gasteiger charge is -2.12. The molecule has 10 rings (SSSR count). The molecule has 0 saturated heterocycles. The molecule has 0 aliphatic carbocycles. The summed E-state index contributed by atoms with van der Waals surface area (Å²) >= 11 is 0. The highest BCUT2D eigenvalue weighted by Gasteiger charge is 2.16. The Kier molecular flexibility index (Phi) is 9.75. The van der Waals surface area contributed by atoms with Gasteiger partial charge in [-0.2, -0.15) is 0 Å². The van der Waals surface area contributed by atoms with Crippen molar-refractivity contribution in [1.82, 2.24) is 39.9 Å². The van der Waals surface area contributed by atoms with Gasteiger partial charge in [0.05, 0.1) is 39.9 Å². The van der Waals surface area contributed by atoms with Gasteiger partial charge >= 0.3 is 0 Å². The molecule has 0 N–H and O–H groups in total. The molecule has 10 aromatic rings. The van der Waals surface area contributed by atoms with Gasteiger partial charge in [0.1, 0.15) is 0 Å². The minimum absolute atomic E-state index is 0.593. The molecule has 0 aliphatic rings. The van der Waals surface area contributed by atoms with Crippen LogP contribution in [0.5, 0.6) is 0 Å². The van der Waals surface area contributed by atoms with E-state index in [4.69, 9.17) is 34.9 Å². The van der Waals surface area contributed by atoms with Gasteiger partial charge in [0.25, 0.3) is 0 Å². The van der Waals surface area contributed by atoms with Crippen molar-refractivity contribution < 1.29 is 0 Å². The molecule has 0 radical (unpaired) electrons. The van der Waals surface area contributed by atoms with E-state index in [1.807, 2.05) is 152 Å². The highest BCUT2D eigenvalue weighted by Crippen LogP contribution is 2.33. The maximum atomic E-state index is 5.18. The van der Waals surface area contributed by atoms with E-state index in [1.54, 1.807) is 6.20 Å². The first-order valence-electron chi connectivity index (χ1n) is 19.6. The molecule has 0 unspecified atom stereocenters. The van der Waals surface area contributed by atoms with Gasteiger partial charge in [0.2, 0.25) is 0 Å². The van der Waals surface area contributed by atoms with Crippen LogP contribution in [0.2, 0.25) is 0 Å². The third kappa shape index (κ3) is 7.68. The van der Waals surface area contributed by atoms with Gasteiger partial charge in [-0.05, 0) is 53.6 Å². The lowest BCUT2D eigenvalue weighted by atomic mass is 10.0. The minimum Gasteiger partial charge on any atom is -0.255 e. The molecule has 0 saturated carbocycles. The number of aromatic nitrogens is 8. The molecule has 5 heterocycles. The Labute approximate surface area is 347 Å². The van der Waals surface area contributed by atoms with Crippen molar-refractivity contribution in [2.45, 2.75) is 0 Å². The van der Waals surface area contributed by atoms with Crippen LogP contribution in [-0.2, 0) is 0 Å². The van der Waals surface area contributed by atoms with Gasteiger partial charge in [-0.15, -0.1) is 0 Å². The molecule has 282 valence electrons. The first-order chi connectivity index (χ1) is 29.7. The lowest BCUT2D eigenvalue weighted by Crippen LogP contribution is -2.00. The highest BCUT2D eigenvalue weighted by molar-refractivity contribution is 5.78. The summed E-state index contributed by atoms with van der Waals surface area (Å²) in [5, 5.41) is 0. The van der Waals surface area contributed by atoms with Gasteiger partial charge in [-0.25, -0.2) is 34.9 Å². The molecule has 0 amide bonds. The zero-order valence-electron chi connectivity index (χ0n) is 32.2. The Morgan fingerprint density at radius 1 is 0.200 bits per heavy atom.